The van der Waals surface area contributed by atoms with Crippen LogP contribution in [0.3, 0.4) is 0 Å². The number of nitrogens with two attached hydrogens (primary N) is 1. The first-order chi connectivity index (χ1) is 12.6. The highest BCUT2D eigenvalue weighted by Gasteiger charge is 2.32. The van der Waals surface area contributed by atoms with E-state index in [2.05, 4.69) is 0 Å². The fourth-order valence-electron chi connectivity index (χ4n) is 3.48. The number of piperidine rings is 1. The van der Waals surface area contributed by atoms with Crippen molar-refractivity contribution in [2.24, 2.45) is 17.6 Å². The Hall–Kier alpha value is -1.88. The smallest absolute Gasteiger partial charge is 0.227 e. The van der Waals surface area contributed by atoms with Crippen LogP contribution in [0, 0.1) is 11.8 Å². The molecule has 144 valence electrons. The Kier molecular flexibility index (Phi) is 8.10. The van der Waals surface area contributed by atoms with Crippen molar-refractivity contribution in [1.82, 2.24) is 9.80 Å². The van der Waals surface area contributed by atoms with Crippen LogP contribution in [0.1, 0.15) is 45.1 Å². The average molecular weight is 360 g/mol. The molecular formula is C21H33N3O2. The van der Waals surface area contributed by atoms with Crippen molar-refractivity contribution >= 4 is 11.8 Å². The maximum absolute atomic E-state index is 13.2. The van der Waals surface area contributed by atoms with Gasteiger partial charge in [-0.2, -0.15) is 0 Å². The third-order valence-electron chi connectivity index (χ3n) is 5.28. The number of likely N-dealkylation sites (tertiary alicyclic amines) is 1. The van der Waals surface area contributed by atoms with E-state index in [1.165, 1.54) is 0 Å². The summed E-state index contributed by atoms with van der Waals surface area (Å²) >= 11 is 0. The predicted molar refractivity (Wildman–Crippen MR) is 104 cm³/mol. The standard InChI is InChI=1S/C21H33N3O2/c1-3-17(2)20(25)24-13-7-11-19(16-24)21(26)23(14-8-12-22)15-18-9-5-4-6-10-18/h4-6,9-10,17,19H,3,7-8,11-16,22H2,1-2H3. The first-order valence-electron chi connectivity index (χ1n) is 9.88. The van der Waals surface area contributed by atoms with Gasteiger partial charge in [-0.15, -0.1) is 0 Å². The second kappa shape index (κ2) is 10.3. The van der Waals surface area contributed by atoms with Crippen molar-refractivity contribution in [1.29, 1.82) is 0 Å². The van der Waals surface area contributed by atoms with E-state index >= 15 is 0 Å². The van der Waals surface area contributed by atoms with Crippen molar-refractivity contribution in [2.75, 3.05) is 26.2 Å². The zero-order chi connectivity index (χ0) is 18.9. The van der Waals surface area contributed by atoms with Gasteiger partial charge in [0.15, 0.2) is 0 Å². The lowest BCUT2D eigenvalue weighted by Gasteiger charge is -2.36. The Morgan fingerprint density at radius 1 is 1.31 bits per heavy atom. The second-order valence-corrected chi connectivity index (χ2v) is 7.32. The van der Waals surface area contributed by atoms with Crippen LogP contribution in [0.5, 0.6) is 0 Å². The molecule has 0 radical (unpaired) electrons. The quantitative estimate of drug-likeness (QED) is 0.776. The van der Waals surface area contributed by atoms with Gasteiger partial charge in [0.1, 0.15) is 0 Å². The van der Waals surface area contributed by atoms with E-state index in [0.29, 0.717) is 26.2 Å². The molecule has 5 nitrogen and oxygen atoms in total. The van der Waals surface area contributed by atoms with Crippen LogP contribution in [0.15, 0.2) is 30.3 Å². The highest BCUT2D eigenvalue weighted by molar-refractivity contribution is 5.82. The Balaban J connectivity index is 2.05. The molecule has 2 N–H and O–H groups in total. The summed E-state index contributed by atoms with van der Waals surface area (Å²) in [6.07, 6.45) is 3.39. The van der Waals surface area contributed by atoms with Crippen LogP contribution in [0.25, 0.3) is 0 Å². The molecule has 1 heterocycles. The number of hydrogen-bond acceptors (Lipinski definition) is 3. The van der Waals surface area contributed by atoms with Gasteiger partial charge in [-0.25, -0.2) is 0 Å². The van der Waals surface area contributed by atoms with Crippen LogP contribution in [-0.2, 0) is 16.1 Å². The van der Waals surface area contributed by atoms with Gasteiger partial charge in [-0.05, 0) is 37.8 Å². The molecule has 1 aromatic rings. The molecule has 0 saturated carbocycles. The zero-order valence-electron chi connectivity index (χ0n) is 16.2. The molecule has 1 aromatic carbocycles. The van der Waals surface area contributed by atoms with E-state index < -0.39 is 0 Å². The Labute approximate surface area is 157 Å². The summed E-state index contributed by atoms with van der Waals surface area (Å²) in [7, 11) is 0. The molecule has 1 fully saturated rings. The van der Waals surface area contributed by atoms with Gasteiger partial charge in [0, 0.05) is 32.1 Å². The SMILES string of the molecule is CCC(C)C(=O)N1CCCC(C(=O)N(CCCN)Cc2ccccc2)C1. The highest BCUT2D eigenvalue weighted by Crippen LogP contribution is 2.22. The molecule has 0 spiro atoms. The Bertz CT molecular complexity index is 576. The van der Waals surface area contributed by atoms with Crippen LogP contribution >= 0.6 is 0 Å². The molecular weight excluding hydrogens is 326 g/mol. The van der Waals surface area contributed by atoms with Crippen molar-refractivity contribution < 1.29 is 9.59 Å². The van der Waals surface area contributed by atoms with E-state index in [0.717, 1.165) is 37.8 Å². The molecule has 2 rings (SSSR count). The summed E-state index contributed by atoms with van der Waals surface area (Å²) in [5.74, 6) is 0.269. The van der Waals surface area contributed by atoms with Crippen molar-refractivity contribution in [3.8, 4) is 0 Å². The first-order valence-corrected chi connectivity index (χ1v) is 9.88. The lowest BCUT2D eigenvalue weighted by Crippen LogP contribution is -2.48. The predicted octanol–water partition coefficient (Wildman–Crippen LogP) is 2.65. The molecule has 2 unspecified atom stereocenters. The topological polar surface area (TPSA) is 66.6 Å². The number of hydrogen-bond donors (Lipinski definition) is 1. The number of amides is 2. The molecule has 26 heavy (non-hydrogen) atoms. The maximum Gasteiger partial charge on any atom is 0.227 e. The van der Waals surface area contributed by atoms with Gasteiger partial charge in [-0.1, -0.05) is 44.2 Å². The fraction of sp³-hybridized carbons (Fsp3) is 0.619. The summed E-state index contributed by atoms with van der Waals surface area (Å²) in [5, 5.41) is 0. The van der Waals surface area contributed by atoms with Gasteiger partial charge in [-0.3, -0.25) is 9.59 Å². The minimum atomic E-state index is -0.0988. The average Bonchev–Trinajstić information content (AvgIpc) is 2.70. The van der Waals surface area contributed by atoms with E-state index in [1.807, 2.05) is 54.0 Å². The summed E-state index contributed by atoms with van der Waals surface area (Å²) in [5.41, 5.74) is 6.79. The van der Waals surface area contributed by atoms with Gasteiger partial charge in [0.05, 0.1) is 5.92 Å². The zero-order valence-corrected chi connectivity index (χ0v) is 16.2. The Morgan fingerprint density at radius 3 is 2.69 bits per heavy atom. The molecule has 2 amide bonds. The molecule has 5 heteroatoms. The fourth-order valence-corrected chi connectivity index (χ4v) is 3.48. The van der Waals surface area contributed by atoms with Crippen LogP contribution in [-0.4, -0.2) is 47.8 Å². The lowest BCUT2D eigenvalue weighted by atomic mass is 9.94. The number of carbonyl (C=O) groups excluding carboxylic acids is 2. The normalized spacial score (nSPS) is 18.4. The summed E-state index contributed by atoms with van der Waals surface area (Å²) < 4.78 is 0. The van der Waals surface area contributed by atoms with Crippen molar-refractivity contribution in [3.05, 3.63) is 35.9 Å². The van der Waals surface area contributed by atoms with E-state index in [4.69, 9.17) is 5.73 Å². The Morgan fingerprint density at radius 2 is 2.04 bits per heavy atom. The molecule has 1 aliphatic heterocycles. The molecule has 1 saturated heterocycles. The van der Waals surface area contributed by atoms with E-state index in [-0.39, 0.29) is 23.7 Å². The van der Waals surface area contributed by atoms with Gasteiger partial charge in [0.2, 0.25) is 11.8 Å². The van der Waals surface area contributed by atoms with Crippen molar-refractivity contribution in [2.45, 2.75) is 46.1 Å². The van der Waals surface area contributed by atoms with Gasteiger partial charge >= 0.3 is 0 Å². The van der Waals surface area contributed by atoms with Crippen LogP contribution in [0.2, 0.25) is 0 Å². The maximum atomic E-state index is 13.2. The molecule has 1 aliphatic rings. The third kappa shape index (κ3) is 5.56. The number of carbonyl (C=O) groups is 2. The van der Waals surface area contributed by atoms with Gasteiger partial charge in [0.25, 0.3) is 0 Å². The monoisotopic (exact) mass is 359 g/mol. The number of nitrogens with zero attached hydrogens (tertiary/aromatic N) is 2. The summed E-state index contributed by atoms with van der Waals surface area (Å²) in [4.78, 5) is 29.5. The third-order valence-corrected chi connectivity index (χ3v) is 5.28. The van der Waals surface area contributed by atoms with Crippen LogP contribution < -0.4 is 5.73 Å². The number of benzene rings is 1. The minimum Gasteiger partial charge on any atom is -0.342 e. The molecule has 0 bridgehead atoms. The lowest BCUT2D eigenvalue weighted by molar-refractivity contribution is -0.143. The minimum absolute atomic E-state index is 0.0292. The van der Waals surface area contributed by atoms with Crippen LogP contribution in [0.4, 0.5) is 0 Å². The van der Waals surface area contributed by atoms with Gasteiger partial charge < -0.3 is 15.5 Å². The summed E-state index contributed by atoms with van der Waals surface area (Å²) in [6, 6.07) is 10.1. The number of rotatable bonds is 8. The highest BCUT2D eigenvalue weighted by atomic mass is 16.2. The van der Waals surface area contributed by atoms with E-state index in [9.17, 15) is 9.59 Å². The van der Waals surface area contributed by atoms with E-state index in [1.54, 1.807) is 0 Å². The largest absolute Gasteiger partial charge is 0.342 e. The summed E-state index contributed by atoms with van der Waals surface area (Å²) in [6.45, 7) is 7.17. The molecule has 2 atom stereocenters. The molecule has 0 aromatic heterocycles. The second-order valence-electron chi connectivity index (χ2n) is 7.32. The van der Waals surface area contributed by atoms with Crippen molar-refractivity contribution in [3.63, 3.8) is 0 Å². The first kappa shape index (κ1) is 20.4. The molecule has 0 aliphatic carbocycles.